The summed E-state index contributed by atoms with van der Waals surface area (Å²) < 4.78 is 0. The minimum Gasteiger partial charge on any atom is -0.385 e. The van der Waals surface area contributed by atoms with Crippen molar-refractivity contribution in [1.82, 2.24) is 15.1 Å². The highest BCUT2D eigenvalue weighted by Crippen LogP contribution is 2.38. The molecular weight excluding hydrogens is 405 g/mol. The Balaban J connectivity index is 1.46. The summed E-state index contributed by atoms with van der Waals surface area (Å²) >= 11 is 13.7. The predicted octanol–water partition coefficient (Wildman–Crippen LogP) is 4.57. The number of aromatic nitrogens is 2. The molecule has 3 heterocycles. The Labute approximate surface area is 170 Å². The molecule has 0 saturated carbocycles. The second kappa shape index (κ2) is 7.28. The molecule has 1 saturated heterocycles. The van der Waals surface area contributed by atoms with Crippen molar-refractivity contribution in [2.24, 2.45) is 0 Å². The highest BCUT2D eigenvalue weighted by atomic mass is 35.5. The molecule has 0 aliphatic carbocycles. The number of rotatable bonds is 3. The number of nitrogens with zero attached hydrogens (tertiary/aromatic N) is 2. The van der Waals surface area contributed by atoms with Gasteiger partial charge in [-0.1, -0.05) is 29.3 Å². The SMILES string of the molecule is O=C(c1csc(-c2cn[nH]c2)c1)N1CCC(O)(c2ccc(Cl)cc2Cl)CC1. The highest BCUT2D eigenvalue weighted by molar-refractivity contribution is 7.13. The molecule has 0 bridgehead atoms. The van der Waals surface area contributed by atoms with Gasteiger partial charge in [0.15, 0.2) is 0 Å². The van der Waals surface area contributed by atoms with Gasteiger partial charge in [0.25, 0.3) is 5.91 Å². The lowest BCUT2D eigenvalue weighted by Crippen LogP contribution is -2.45. The van der Waals surface area contributed by atoms with E-state index in [0.717, 1.165) is 10.4 Å². The van der Waals surface area contributed by atoms with Gasteiger partial charge in [-0.05, 0) is 31.0 Å². The van der Waals surface area contributed by atoms with E-state index in [0.29, 0.717) is 47.1 Å². The second-order valence-corrected chi connectivity index (χ2v) is 8.39. The van der Waals surface area contributed by atoms with Crippen molar-refractivity contribution in [2.75, 3.05) is 13.1 Å². The fourth-order valence-corrected chi connectivity index (χ4v) is 4.83. The Hall–Kier alpha value is -1.86. The van der Waals surface area contributed by atoms with Crippen molar-refractivity contribution in [1.29, 1.82) is 0 Å². The summed E-state index contributed by atoms with van der Waals surface area (Å²) in [6, 6.07) is 7.00. The van der Waals surface area contributed by atoms with E-state index in [1.54, 1.807) is 35.5 Å². The van der Waals surface area contributed by atoms with E-state index < -0.39 is 5.60 Å². The molecule has 2 aromatic heterocycles. The summed E-state index contributed by atoms with van der Waals surface area (Å²) in [7, 11) is 0. The minimum absolute atomic E-state index is 0.0229. The molecule has 3 aromatic rings. The number of likely N-dealkylation sites (tertiary alicyclic amines) is 1. The number of nitrogens with one attached hydrogen (secondary N) is 1. The zero-order valence-corrected chi connectivity index (χ0v) is 16.6. The normalized spacial score (nSPS) is 16.5. The molecule has 1 amide bonds. The number of H-pyrrole nitrogens is 1. The van der Waals surface area contributed by atoms with Crippen LogP contribution in [0.2, 0.25) is 10.0 Å². The molecule has 1 aliphatic rings. The number of piperidine rings is 1. The van der Waals surface area contributed by atoms with Crippen LogP contribution in [0.3, 0.4) is 0 Å². The maximum atomic E-state index is 12.8. The molecule has 0 spiro atoms. The summed E-state index contributed by atoms with van der Waals surface area (Å²) in [5.41, 5.74) is 1.24. The van der Waals surface area contributed by atoms with E-state index in [1.165, 1.54) is 11.3 Å². The van der Waals surface area contributed by atoms with Gasteiger partial charge in [-0.3, -0.25) is 9.89 Å². The summed E-state index contributed by atoms with van der Waals surface area (Å²) in [6.07, 6.45) is 4.39. The maximum Gasteiger partial charge on any atom is 0.254 e. The maximum absolute atomic E-state index is 12.8. The van der Waals surface area contributed by atoms with Gasteiger partial charge in [-0.2, -0.15) is 5.10 Å². The molecule has 1 fully saturated rings. The Kier molecular flexibility index (Phi) is 4.99. The lowest BCUT2D eigenvalue weighted by Gasteiger charge is -2.38. The molecule has 2 N–H and O–H groups in total. The van der Waals surface area contributed by atoms with Crippen LogP contribution in [0, 0.1) is 0 Å². The molecule has 140 valence electrons. The zero-order valence-electron chi connectivity index (χ0n) is 14.3. The quantitative estimate of drug-likeness (QED) is 0.650. The summed E-state index contributed by atoms with van der Waals surface area (Å²) in [5.74, 6) is -0.0229. The van der Waals surface area contributed by atoms with E-state index in [4.69, 9.17) is 23.2 Å². The molecule has 8 heteroatoms. The van der Waals surface area contributed by atoms with Crippen LogP contribution in [-0.4, -0.2) is 39.2 Å². The number of carbonyl (C=O) groups is 1. The third kappa shape index (κ3) is 3.62. The van der Waals surface area contributed by atoms with Crippen LogP contribution in [0.5, 0.6) is 0 Å². The minimum atomic E-state index is -1.05. The van der Waals surface area contributed by atoms with Crippen LogP contribution >= 0.6 is 34.5 Å². The van der Waals surface area contributed by atoms with E-state index in [-0.39, 0.29) is 5.91 Å². The van der Waals surface area contributed by atoms with Gasteiger partial charge in [0.05, 0.1) is 17.4 Å². The molecule has 5 nitrogen and oxygen atoms in total. The smallest absolute Gasteiger partial charge is 0.254 e. The molecule has 0 atom stereocenters. The predicted molar refractivity (Wildman–Crippen MR) is 107 cm³/mol. The van der Waals surface area contributed by atoms with E-state index in [1.807, 2.05) is 11.4 Å². The highest BCUT2D eigenvalue weighted by Gasteiger charge is 2.37. The van der Waals surface area contributed by atoms with Crippen molar-refractivity contribution >= 4 is 40.4 Å². The van der Waals surface area contributed by atoms with Crippen molar-refractivity contribution < 1.29 is 9.90 Å². The first kappa shape index (κ1) is 18.5. The van der Waals surface area contributed by atoms with Gasteiger partial charge in [0.2, 0.25) is 0 Å². The van der Waals surface area contributed by atoms with Gasteiger partial charge >= 0.3 is 0 Å². The third-order valence-electron chi connectivity index (χ3n) is 4.94. The summed E-state index contributed by atoms with van der Waals surface area (Å²) in [5, 5.41) is 20.6. The third-order valence-corrected chi connectivity index (χ3v) is 6.47. The number of halogens is 2. The first-order valence-electron chi connectivity index (χ1n) is 8.51. The number of carbonyl (C=O) groups excluding carboxylic acids is 1. The standard InChI is InChI=1S/C19H17Cl2N3O2S/c20-14-1-2-15(16(21)8-14)19(26)3-5-24(6-4-19)18(25)12-7-17(27-11-12)13-9-22-23-10-13/h1-2,7-11,26H,3-6H2,(H,22,23). The molecule has 0 radical (unpaired) electrons. The van der Waals surface area contributed by atoms with Crippen LogP contribution in [0.25, 0.3) is 10.4 Å². The fourth-order valence-electron chi connectivity index (χ4n) is 3.38. The van der Waals surface area contributed by atoms with Crippen LogP contribution < -0.4 is 0 Å². The number of aliphatic hydroxyl groups is 1. The second-order valence-electron chi connectivity index (χ2n) is 6.63. The number of benzene rings is 1. The molecule has 1 aromatic carbocycles. The zero-order chi connectivity index (χ0) is 19.0. The topological polar surface area (TPSA) is 69.2 Å². The molecule has 27 heavy (non-hydrogen) atoms. The average Bonchev–Trinajstić information content (AvgIpc) is 3.33. The first-order chi connectivity index (χ1) is 13.0. The fraction of sp³-hybridized carbons (Fsp3) is 0.263. The van der Waals surface area contributed by atoms with Gasteiger partial charge in [-0.15, -0.1) is 11.3 Å². The van der Waals surface area contributed by atoms with Gasteiger partial charge < -0.3 is 10.0 Å². The van der Waals surface area contributed by atoms with Crippen LogP contribution in [-0.2, 0) is 5.60 Å². The monoisotopic (exact) mass is 421 g/mol. The van der Waals surface area contributed by atoms with Crippen LogP contribution in [0.4, 0.5) is 0 Å². The largest absolute Gasteiger partial charge is 0.385 e. The summed E-state index contributed by atoms with van der Waals surface area (Å²) in [4.78, 5) is 15.6. The Morgan fingerprint density at radius 2 is 2.04 bits per heavy atom. The van der Waals surface area contributed by atoms with Gasteiger partial charge in [0, 0.05) is 50.7 Å². The Morgan fingerprint density at radius 1 is 1.26 bits per heavy atom. The van der Waals surface area contributed by atoms with E-state index in [9.17, 15) is 9.90 Å². The molecular formula is C19H17Cl2N3O2S. The lowest BCUT2D eigenvalue weighted by molar-refractivity contribution is -0.0210. The molecule has 4 rings (SSSR count). The number of thiophene rings is 1. The lowest BCUT2D eigenvalue weighted by atomic mass is 9.84. The first-order valence-corrected chi connectivity index (χ1v) is 10.1. The average molecular weight is 422 g/mol. The van der Waals surface area contributed by atoms with Crippen molar-refractivity contribution in [3.63, 3.8) is 0 Å². The number of aromatic amines is 1. The van der Waals surface area contributed by atoms with Crippen LogP contribution in [0.1, 0.15) is 28.8 Å². The Bertz CT molecular complexity index is 963. The molecule has 0 unspecified atom stereocenters. The van der Waals surface area contributed by atoms with Gasteiger partial charge in [-0.25, -0.2) is 0 Å². The number of amides is 1. The number of hydrogen-bond acceptors (Lipinski definition) is 4. The van der Waals surface area contributed by atoms with E-state index >= 15 is 0 Å². The van der Waals surface area contributed by atoms with Crippen LogP contribution in [0.15, 0.2) is 42.0 Å². The molecule has 1 aliphatic heterocycles. The number of hydrogen-bond donors (Lipinski definition) is 2. The van der Waals surface area contributed by atoms with E-state index in [2.05, 4.69) is 10.2 Å². The van der Waals surface area contributed by atoms with Crippen molar-refractivity contribution in [3.8, 4) is 10.4 Å². The summed E-state index contributed by atoms with van der Waals surface area (Å²) in [6.45, 7) is 0.927. The van der Waals surface area contributed by atoms with Gasteiger partial charge in [0.1, 0.15) is 0 Å². The van der Waals surface area contributed by atoms with Crippen molar-refractivity contribution in [2.45, 2.75) is 18.4 Å². The Morgan fingerprint density at radius 3 is 2.70 bits per heavy atom. The van der Waals surface area contributed by atoms with Crippen molar-refractivity contribution in [3.05, 3.63) is 63.2 Å².